The van der Waals surface area contributed by atoms with Crippen LogP contribution in [0, 0.1) is 11.3 Å². The Balaban J connectivity index is 3.96. The lowest BCUT2D eigenvalue weighted by molar-refractivity contribution is 0.123. The van der Waals surface area contributed by atoms with Crippen LogP contribution in [0.25, 0.3) is 0 Å². The van der Waals surface area contributed by atoms with Gasteiger partial charge >= 0.3 is 0 Å². The molecule has 2 atom stereocenters. The third-order valence-corrected chi connectivity index (χ3v) is 3.42. The first-order valence-corrected chi connectivity index (χ1v) is 6.19. The van der Waals surface area contributed by atoms with Crippen molar-refractivity contribution in [2.45, 2.75) is 53.5 Å². The fourth-order valence-electron chi connectivity index (χ4n) is 1.87. The zero-order chi connectivity index (χ0) is 12.1. The smallest absolute Gasteiger partial charge is 0.0112 e. The molecule has 0 aromatic rings. The van der Waals surface area contributed by atoms with Crippen molar-refractivity contribution in [3.8, 4) is 0 Å². The molecule has 0 aliphatic rings. The molecule has 0 aromatic carbocycles. The van der Waals surface area contributed by atoms with Crippen LogP contribution in [0.1, 0.15) is 47.5 Å². The predicted molar refractivity (Wildman–Crippen MR) is 69.0 cm³/mol. The zero-order valence-electron chi connectivity index (χ0n) is 11.5. The van der Waals surface area contributed by atoms with E-state index in [4.69, 9.17) is 5.73 Å². The van der Waals surface area contributed by atoms with E-state index in [1.807, 2.05) is 0 Å². The predicted octanol–water partition coefficient (Wildman–Crippen LogP) is 2.73. The van der Waals surface area contributed by atoms with Crippen LogP contribution in [-0.4, -0.2) is 31.1 Å². The van der Waals surface area contributed by atoms with Crippen molar-refractivity contribution in [3.05, 3.63) is 0 Å². The fraction of sp³-hybridized carbons (Fsp3) is 1.00. The second-order valence-electron chi connectivity index (χ2n) is 6.02. The Labute approximate surface area is 96.2 Å². The minimum Gasteiger partial charge on any atom is -0.330 e. The SMILES string of the molecule is CC(CCCN)CN(C)C(C)C(C)(C)C. The average molecular weight is 214 g/mol. The van der Waals surface area contributed by atoms with E-state index < -0.39 is 0 Å². The maximum atomic E-state index is 5.52. The Bertz CT molecular complexity index is 160. The van der Waals surface area contributed by atoms with Gasteiger partial charge in [-0.25, -0.2) is 0 Å². The topological polar surface area (TPSA) is 29.3 Å². The van der Waals surface area contributed by atoms with Gasteiger partial charge in [-0.15, -0.1) is 0 Å². The highest BCUT2D eigenvalue weighted by atomic mass is 15.1. The minimum absolute atomic E-state index is 0.363. The first-order chi connectivity index (χ1) is 6.79. The molecule has 0 radical (unpaired) electrons. The summed E-state index contributed by atoms with van der Waals surface area (Å²) >= 11 is 0. The summed E-state index contributed by atoms with van der Waals surface area (Å²) in [6.07, 6.45) is 2.40. The molecule has 0 spiro atoms. The standard InChI is InChI=1S/C13H30N2/c1-11(8-7-9-14)10-15(6)12(2)13(3,4)5/h11-12H,7-10,14H2,1-6H3. The second-order valence-corrected chi connectivity index (χ2v) is 6.02. The molecule has 0 saturated heterocycles. The van der Waals surface area contributed by atoms with Gasteiger partial charge < -0.3 is 10.6 Å². The molecule has 2 N–H and O–H groups in total. The molecule has 2 unspecified atom stereocenters. The Morgan fingerprint density at radius 3 is 2.13 bits per heavy atom. The first kappa shape index (κ1) is 14.9. The molecule has 92 valence electrons. The largest absolute Gasteiger partial charge is 0.330 e. The maximum Gasteiger partial charge on any atom is 0.0112 e. The van der Waals surface area contributed by atoms with E-state index >= 15 is 0 Å². The molecule has 2 nitrogen and oxygen atoms in total. The van der Waals surface area contributed by atoms with Gasteiger partial charge in [0.05, 0.1) is 0 Å². The van der Waals surface area contributed by atoms with Crippen LogP contribution in [0.15, 0.2) is 0 Å². The lowest BCUT2D eigenvalue weighted by Crippen LogP contribution is -2.41. The minimum atomic E-state index is 0.363. The van der Waals surface area contributed by atoms with E-state index in [0.717, 1.165) is 18.9 Å². The monoisotopic (exact) mass is 214 g/mol. The summed E-state index contributed by atoms with van der Waals surface area (Å²) in [5, 5.41) is 0. The van der Waals surface area contributed by atoms with Crippen LogP contribution >= 0.6 is 0 Å². The van der Waals surface area contributed by atoms with Gasteiger partial charge in [-0.3, -0.25) is 0 Å². The molecular formula is C13H30N2. The summed E-state index contributed by atoms with van der Waals surface area (Å²) in [4.78, 5) is 2.47. The molecule has 0 aliphatic carbocycles. The molecule has 0 rings (SSSR count). The summed E-state index contributed by atoms with van der Waals surface area (Å²) in [6.45, 7) is 13.6. The molecule has 0 fully saturated rings. The highest BCUT2D eigenvalue weighted by Crippen LogP contribution is 2.23. The Morgan fingerprint density at radius 2 is 1.73 bits per heavy atom. The number of rotatable bonds is 6. The van der Waals surface area contributed by atoms with Crippen molar-refractivity contribution < 1.29 is 0 Å². The van der Waals surface area contributed by atoms with Crippen molar-refractivity contribution in [2.24, 2.45) is 17.1 Å². The Kier molecular flexibility index (Phi) is 6.46. The van der Waals surface area contributed by atoms with Gasteiger partial charge in [-0.05, 0) is 44.7 Å². The third-order valence-electron chi connectivity index (χ3n) is 3.42. The van der Waals surface area contributed by atoms with E-state index in [-0.39, 0.29) is 0 Å². The zero-order valence-corrected chi connectivity index (χ0v) is 11.5. The van der Waals surface area contributed by atoms with Crippen molar-refractivity contribution in [1.82, 2.24) is 4.90 Å². The lowest BCUT2D eigenvalue weighted by Gasteiger charge is -2.36. The van der Waals surface area contributed by atoms with Gasteiger partial charge in [-0.2, -0.15) is 0 Å². The summed E-state index contributed by atoms with van der Waals surface area (Å²) in [7, 11) is 2.23. The van der Waals surface area contributed by atoms with E-state index in [1.165, 1.54) is 13.0 Å². The van der Waals surface area contributed by atoms with E-state index in [1.54, 1.807) is 0 Å². The van der Waals surface area contributed by atoms with Crippen LogP contribution < -0.4 is 5.73 Å². The van der Waals surface area contributed by atoms with Gasteiger partial charge in [0.15, 0.2) is 0 Å². The van der Waals surface area contributed by atoms with Gasteiger partial charge in [0.2, 0.25) is 0 Å². The molecular weight excluding hydrogens is 184 g/mol. The van der Waals surface area contributed by atoms with Crippen LogP contribution in [0.5, 0.6) is 0 Å². The lowest BCUT2D eigenvalue weighted by atomic mass is 9.86. The van der Waals surface area contributed by atoms with Crippen molar-refractivity contribution in [2.75, 3.05) is 20.1 Å². The van der Waals surface area contributed by atoms with E-state index in [9.17, 15) is 0 Å². The quantitative estimate of drug-likeness (QED) is 0.736. The van der Waals surface area contributed by atoms with Gasteiger partial charge in [0.1, 0.15) is 0 Å². The summed E-state index contributed by atoms with van der Waals surface area (Å²) in [5.41, 5.74) is 5.89. The van der Waals surface area contributed by atoms with Crippen LogP contribution in [0.4, 0.5) is 0 Å². The number of hydrogen-bond acceptors (Lipinski definition) is 2. The van der Waals surface area contributed by atoms with Crippen molar-refractivity contribution >= 4 is 0 Å². The van der Waals surface area contributed by atoms with Crippen LogP contribution in [0.3, 0.4) is 0 Å². The number of nitrogens with two attached hydrogens (primary N) is 1. The Hall–Kier alpha value is -0.0800. The Morgan fingerprint density at radius 1 is 1.20 bits per heavy atom. The van der Waals surface area contributed by atoms with E-state index in [2.05, 4.69) is 46.6 Å². The second kappa shape index (κ2) is 6.49. The number of hydrogen-bond donors (Lipinski definition) is 1. The summed E-state index contributed by atoms with van der Waals surface area (Å²) in [5.74, 6) is 0.753. The van der Waals surface area contributed by atoms with Gasteiger partial charge in [-0.1, -0.05) is 27.7 Å². The van der Waals surface area contributed by atoms with Crippen LogP contribution in [-0.2, 0) is 0 Å². The van der Waals surface area contributed by atoms with Crippen molar-refractivity contribution in [3.63, 3.8) is 0 Å². The van der Waals surface area contributed by atoms with Crippen LogP contribution in [0.2, 0.25) is 0 Å². The van der Waals surface area contributed by atoms with Gasteiger partial charge in [0, 0.05) is 12.6 Å². The molecule has 0 aliphatic heterocycles. The molecule has 15 heavy (non-hydrogen) atoms. The third kappa shape index (κ3) is 6.16. The molecule has 0 amide bonds. The normalized spacial score (nSPS) is 16.8. The molecule has 0 aromatic heterocycles. The average Bonchev–Trinajstić information content (AvgIpc) is 2.11. The maximum absolute atomic E-state index is 5.52. The first-order valence-electron chi connectivity index (χ1n) is 6.19. The fourth-order valence-corrected chi connectivity index (χ4v) is 1.87. The van der Waals surface area contributed by atoms with E-state index in [0.29, 0.717) is 11.5 Å². The molecule has 2 heteroatoms. The number of nitrogens with zero attached hydrogens (tertiary/aromatic N) is 1. The highest BCUT2D eigenvalue weighted by Gasteiger charge is 2.24. The highest BCUT2D eigenvalue weighted by molar-refractivity contribution is 4.78. The summed E-state index contributed by atoms with van der Waals surface area (Å²) in [6, 6.07) is 0.623. The molecule has 0 heterocycles. The molecule has 0 bridgehead atoms. The molecule has 0 saturated carbocycles. The summed E-state index contributed by atoms with van der Waals surface area (Å²) < 4.78 is 0. The van der Waals surface area contributed by atoms with Crippen molar-refractivity contribution in [1.29, 1.82) is 0 Å². The van der Waals surface area contributed by atoms with Gasteiger partial charge in [0.25, 0.3) is 0 Å².